The first-order chi connectivity index (χ1) is 9.97. The highest BCUT2D eigenvalue weighted by Gasteiger charge is 2.19. The number of halogens is 1. The Hall–Kier alpha value is -2.64. The minimum atomic E-state index is -1.41. The number of urea groups is 1. The third-order valence-corrected chi connectivity index (χ3v) is 3.05. The zero-order valence-electron chi connectivity index (χ0n) is 11.1. The lowest BCUT2D eigenvalue weighted by molar-refractivity contribution is -0.120. The van der Waals surface area contributed by atoms with Crippen molar-refractivity contribution in [3.8, 4) is 0 Å². The monoisotopic (exact) mass is 295 g/mol. The summed E-state index contributed by atoms with van der Waals surface area (Å²) < 4.78 is 13.3. The van der Waals surface area contributed by atoms with Crippen LogP contribution < -0.4 is 10.6 Å². The molecule has 0 radical (unpaired) electrons. The SMILES string of the molecule is O=C1CCN(C(=O)Nc2ccc(F)c(C(=O)O)c2)CCN1. The quantitative estimate of drug-likeness (QED) is 0.754. The highest BCUT2D eigenvalue weighted by Crippen LogP contribution is 2.15. The minimum Gasteiger partial charge on any atom is -0.478 e. The number of carbonyl (C=O) groups excluding carboxylic acids is 2. The smallest absolute Gasteiger partial charge is 0.338 e. The van der Waals surface area contributed by atoms with Gasteiger partial charge in [0.1, 0.15) is 5.82 Å². The van der Waals surface area contributed by atoms with Crippen LogP contribution >= 0.6 is 0 Å². The Balaban J connectivity index is 2.07. The summed E-state index contributed by atoms with van der Waals surface area (Å²) in [7, 11) is 0. The van der Waals surface area contributed by atoms with Crippen molar-refractivity contribution < 1.29 is 23.9 Å². The molecule has 21 heavy (non-hydrogen) atoms. The molecule has 7 nitrogen and oxygen atoms in total. The largest absolute Gasteiger partial charge is 0.478 e. The molecule has 1 aliphatic heterocycles. The van der Waals surface area contributed by atoms with Crippen LogP contribution in [0.25, 0.3) is 0 Å². The van der Waals surface area contributed by atoms with Gasteiger partial charge in [-0.3, -0.25) is 4.79 Å². The minimum absolute atomic E-state index is 0.125. The van der Waals surface area contributed by atoms with Gasteiger partial charge < -0.3 is 20.6 Å². The van der Waals surface area contributed by atoms with Gasteiger partial charge in [-0.1, -0.05) is 0 Å². The number of benzene rings is 1. The average Bonchev–Trinajstić information content (AvgIpc) is 2.65. The van der Waals surface area contributed by atoms with E-state index in [9.17, 15) is 18.8 Å². The van der Waals surface area contributed by atoms with E-state index < -0.39 is 23.4 Å². The summed E-state index contributed by atoms with van der Waals surface area (Å²) >= 11 is 0. The van der Waals surface area contributed by atoms with Crippen molar-refractivity contribution in [2.24, 2.45) is 0 Å². The number of carbonyl (C=O) groups is 3. The fraction of sp³-hybridized carbons (Fsp3) is 0.308. The van der Waals surface area contributed by atoms with Crippen LogP contribution in [0.1, 0.15) is 16.8 Å². The first-order valence-electron chi connectivity index (χ1n) is 6.33. The van der Waals surface area contributed by atoms with Crippen molar-refractivity contribution in [2.75, 3.05) is 25.0 Å². The molecule has 1 aromatic rings. The summed E-state index contributed by atoms with van der Waals surface area (Å²) in [5.74, 6) is -2.40. The van der Waals surface area contributed by atoms with Gasteiger partial charge in [0, 0.05) is 31.7 Å². The zero-order chi connectivity index (χ0) is 15.4. The van der Waals surface area contributed by atoms with E-state index in [4.69, 9.17) is 5.11 Å². The number of rotatable bonds is 2. The fourth-order valence-corrected chi connectivity index (χ4v) is 1.94. The second kappa shape index (κ2) is 6.21. The Labute approximate surface area is 119 Å². The van der Waals surface area contributed by atoms with Gasteiger partial charge in [0.2, 0.25) is 5.91 Å². The van der Waals surface area contributed by atoms with Crippen molar-refractivity contribution in [1.29, 1.82) is 0 Å². The molecule has 1 aromatic carbocycles. The van der Waals surface area contributed by atoms with E-state index in [1.807, 2.05) is 0 Å². The topological polar surface area (TPSA) is 98.7 Å². The molecule has 8 heteroatoms. The predicted octanol–water partition coefficient (Wildman–Crippen LogP) is 0.878. The number of carboxylic acids is 1. The number of carboxylic acid groups (broad SMARTS) is 1. The number of aromatic carboxylic acids is 1. The summed E-state index contributed by atoms with van der Waals surface area (Å²) in [6.45, 7) is 0.977. The van der Waals surface area contributed by atoms with Gasteiger partial charge in [0.05, 0.1) is 5.56 Å². The molecular formula is C13H14FN3O4. The molecule has 0 atom stereocenters. The lowest BCUT2D eigenvalue weighted by Gasteiger charge is -2.20. The van der Waals surface area contributed by atoms with Crippen molar-refractivity contribution >= 4 is 23.6 Å². The van der Waals surface area contributed by atoms with Crippen LogP contribution in [0, 0.1) is 5.82 Å². The Morgan fingerprint density at radius 3 is 2.81 bits per heavy atom. The maximum absolute atomic E-state index is 13.3. The molecule has 3 amide bonds. The lowest BCUT2D eigenvalue weighted by atomic mass is 10.2. The number of anilines is 1. The first kappa shape index (κ1) is 14.8. The highest BCUT2D eigenvalue weighted by molar-refractivity contribution is 5.93. The number of hydrogen-bond acceptors (Lipinski definition) is 3. The zero-order valence-corrected chi connectivity index (χ0v) is 11.1. The van der Waals surface area contributed by atoms with E-state index in [2.05, 4.69) is 10.6 Å². The molecule has 0 unspecified atom stereocenters. The van der Waals surface area contributed by atoms with Crippen molar-refractivity contribution in [2.45, 2.75) is 6.42 Å². The van der Waals surface area contributed by atoms with Crippen LogP contribution in [0.4, 0.5) is 14.9 Å². The van der Waals surface area contributed by atoms with Gasteiger partial charge in [0.15, 0.2) is 0 Å². The average molecular weight is 295 g/mol. The van der Waals surface area contributed by atoms with E-state index >= 15 is 0 Å². The number of hydrogen-bond donors (Lipinski definition) is 3. The van der Waals surface area contributed by atoms with Gasteiger partial charge in [-0.2, -0.15) is 0 Å². The second-order valence-corrected chi connectivity index (χ2v) is 4.52. The lowest BCUT2D eigenvalue weighted by Crippen LogP contribution is -2.37. The van der Waals surface area contributed by atoms with Gasteiger partial charge in [-0.15, -0.1) is 0 Å². The van der Waals surface area contributed by atoms with Crippen LogP contribution in [0.5, 0.6) is 0 Å². The molecule has 1 saturated heterocycles. The molecule has 0 spiro atoms. The number of amides is 3. The van der Waals surface area contributed by atoms with Crippen LogP contribution in [0.15, 0.2) is 18.2 Å². The van der Waals surface area contributed by atoms with Gasteiger partial charge in [0.25, 0.3) is 0 Å². The van der Waals surface area contributed by atoms with Gasteiger partial charge in [-0.25, -0.2) is 14.0 Å². The van der Waals surface area contributed by atoms with Crippen molar-refractivity contribution in [1.82, 2.24) is 10.2 Å². The molecule has 0 bridgehead atoms. The standard InChI is InChI=1S/C13H14FN3O4/c14-10-2-1-8(7-9(10)12(19)20)16-13(21)17-5-3-11(18)15-4-6-17/h1-2,7H,3-6H2,(H,15,18)(H,16,21)(H,19,20). The van der Waals surface area contributed by atoms with Gasteiger partial charge >= 0.3 is 12.0 Å². The normalized spacial score (nSPS) is 15.1. The van der Waals surface area contributed by atoms with Crippen LogP contribution in [-0.4, -0.2) is 47.5 Å². The molecule has 0 aromatic heterocycles. The molecule has 2 rings (SSSR count). The molecule has 1 aliphatic rings. The maximum Gasteiger partial charge on any atom is 0.338 e. The summed E-state index contributed by atoms with van der Waals surface area (Å²) in [5, 5.41) is 14.0. The second-order valence-electron chi connectivity index (χ2n) is 4.52. The van der Waals surface area contributed by atoms with Crippen molar-refractivity contribution in [3.63, 3.8) is 0 Å². The van der Waals surface area contributed by atoms with Gasteiger partial charge in [-0.05, 0) is 18.2 Å². The Morgan fingerprint density at radius 1 is 1.33 bits per heavy atom. The van der Waals surface area contributed by atoms with E-state index in [0.717, 1.165) is 12.1 Å². The summed E-state index contributed by atoms with van der Waals surface area (Å²) in [4.78, 5) is 35.5. The molecule has 1 fully saturated rings. The third kappa shape index (κ3) is 3.68. The van der Waals surface area contributed by atoms with Crippen LogP contribution in [0.3, 0.4) is 0 Å². The molecule has 3 N–H and O–H groups in total. The van der Waals surface area contributed by atoms with E-state index in [1.54, 1.807) is 0 Å². The number of nitrogens with one attached hydrogen (secondary N) is 2. The first-order valence-corrected chi connectivity index (χ1v) is 6.33. The maximum atomic E-state index is 13.3. The molecule has 0 saturated carbocycles. The van der Waals surface area contributed by atoms with E-state index in [1.165, 1.54) is 11.0 Å². The summed E-state index contributed by atoms with van der Waals surface area (Å²) in [6.07, 6.45) is 0.206. The number of nitrogens with zero attached hydrogens (tertiary/aromatic N) is 1. The predicted molar refractivity (Wildman–Crippen MR) is 71.6 cm³/mol. The van der Waals surface area contributed by atoms with Crippen LogP contribution in [0.2, 0.25) is 0 Å². The Kier molecular flexibility index (Phi) is 4.36. The fourth-order valence-electron chi connectivity index (χ4n) is 1.94. The van der Waals surface area contributed by atoms with Crippen LogP contribution in [-0.2, 0) is 4.79 Å². The summed E-state index contributed by atoms with van der Waals surface area (Å²) in [5.41, 5.74) is -0.331. The molecular weight excluding hydrogens is 281 g/mol. The molecule has 0 aliphatic carbocycles. The van der Waals surface area contributed by atoms with Crippen molar-refractivity contribution in [3.05, 3.63) is 29.6 Å². The Bertz CT molecular complexity index is 591. The molecule has 112 valence electrons. The summed E-state index contributed by atoms with van der Waals surface area (Å²) in [6, 6.07) is 2.85. The highest BCUT2D eigenvalue weighted by atomic mass is 19.1. The Morgan fingerprint density at radius 2 is 2.10 bits per heavy atom. The molecule has 1 heterocycles. The van der Waals surface area contributed by atoms with E-state index in [-0.39, 0.29) is 24.6 Å². The van der Waals surface area contributed by atoms with E-state index in [0.29, 0.717) is 13.1 Å². The third-order valence-electron chi connectivity index (χ3n) is 3.05.